The molecule has 4 nitrogen and oxygen atoms in total. The minimum absolute atomic E-state index is 0.302. The molecule has 0 radical (unpaired) electrons. The normalized spacial score (nSPS) is 13.9. The first-order chi connectivity index (χ1) is 14.6. The van der Waals surface area contributed by atoms with Gasteiger partial charge in [-0.05, 0) is 53.9 Å². The molecule has 1 aliphatic rings. The van der Waals surface area contributed by atoms with Crippen LogP contribution in [0.2, 0.25) is 0 Å². The molecule has 0 spiro atoms. The van der Waals surface area contributed by atoms with Crippen LogP contribution in [0.1, 0.15) is 18.1 Å². The molecule has 0 saturated carbocycles. The van der Waals surface area contributed by atoms with Crippen LogP contribution in [0.15, 0.2) is 88.7 Å². The van der Waals surface area contributed by atoms with Crippen LogP contribution in [0.4, 0.5) is 5.69 Å². The summed E-state index contributed by atoms with van der Waals surface area (Å²) < 4.78 is 5.23. The maximum Gasteiger partial charge on any atom is 0.272 e. The second-order valence-electron chi connectivity index (χ2n) is 6.81. The maximum atomic E-state index is 13.4. The summed E-state index contributed by atoms with van der Waals surface area (Å²) in [4.78, 5) is 29.4. The molecule has 0 unspecified atom stereocenters. The van der Waals surface area contributed by atoms with Gasteiger partial charge in [0.25, 0.3) is 11.8 Å². The second-order valence-corrected chi connectivity index (χ2v) is 7.90. The van der Waals surface area contributed by atoms with Gasteiger partial charge in [-0.2, -0.15) is 0 Å². The van der Waals surface area contributed by atoms with E-state index in [9.17, 15) is 9.59 Å². The van der Waals surface area contributed by atoms with Crippen molar-refractivity contribution in [3.05, 3.63) is 94.9 Å². The molecule has 0 atom stereocenters. The summed E-state index contributed by atoms with van der Waals surface area (Å²) in [5, 5.41) is 0. The lowest BCUT2D eigenvalue weighted by molar-refractivity contribution is -0.119. The second kappa shape index (κ2) is 8.59. The zero-order valence-corrected chi connectivity index (χ0v) is 17.6. The minimum atomic E-state index is -0.312. The number of amides is 2. The maximum absolute atomic E-state index is 13.4. The molecule has 5 heteroatoms. The molecule has 1 aliphatic heterocycles. The highest BCUT2D eigenvalue weighted by atomic mass is 32.2. The molecule has 2 amide bonds. The molecule has 30 heavy (non-hydrogen) atoms. The average Bonchev–Trinajstić information content (AvgIpc) is 3.04. The number of thioether (sulfide) groups is 1. The number of rotatable bonds is 6. The molecule has 0 aromatic heterocycles. The zero-order chi connectivity index (χ0) is 21.1. The molecule has 0 fully saturated rings. The van der Waals surface area contributed by atoms with Crippen LogP contribution < -0.4 is 9.64 Å². The Morgan fingerprint density at radius 3 is 2.10 bits per heavy atom. The predicted molar refractivity (Wildman–Crippen MR) is 121 cm³/mol. The van der Waals surface area contributed by atoms with Crippen molar-refractivity contribution < 1.29 is 14.3 Å². The number of methoxy groups -OCH3 is 1. The van der Waals surface area contributed by atoms with Crippen LogP contribution in [0.3, 0.4) is 0 Å². The molecule has 3 aromatic carbocycles. The van der Waals surface area contributed by atoms with Gasteiger partial charge in [0.2, 0.25) is 0 Å². The quantitative estimate of drug-likeness (QED) is 0.510. The third-order valence-corrected chi connectivity index (χ3v) is 6.08. The Bertz CT molecular complexity index is 1100. The van der Waals surface area contributed by atoms with Crippen molar-refractivity contribution >= 4 is 34.8 Å². The molecular weight excluding hydrogens is 394 g/mol. The predicted octanol–water partition coefficient (Wildman–Crippen LogP) is 5.33. The molecule has 150 valence electrons. The SMILES string of the molecule is CCc1ccc(N2C(=O)C(Sc3ccccc3)=C(c3ccc(OC)cc3)C2=O)cc1. The largest absolute Gasteiger partial charge is 0.497 e. The van der Waals surface area contributed by atoms with Crippen molar-refractivity contribution in [1.82, 2.24) is 0 Å². The summed E-state index contributed by atoms with van der Waals surface area (Å²) >= 11 is 1.32. The van der Waals surface area contributed by atoms with Crippen molar-refractivity contribution in [2.24, 2.45) is 0 Å². The first-order valence-corrected chi connectivity index (χ1v) is 10.5. The molecule has 0 saturated heterocycles. The molecule has 0 aliphatic carbocycles. The Balaban J connectivity index is 1.78. The van der Waals surface area contributed by atoms with Crippen molar-refractivity contribution in [1.29, 1.82) is 0 Å². The van der Waals surface area contributed by atoms with Gasteiger partial charge in [-0.15, -0.1) is 0 Å². The molecule has 3 aromatic rings. The van der Waals surface area contributed by atoms with E-state index < -0.39 is 0 Å². The van der Waals surface area contributed by atoms with E-state index in [2.05, 4.69) is 6.92 Å². The van der Waals surface area contributed by atoms with E-state index in [1.807, 2.05) is 66.7 Å². The summed E-state index contributed by atoms with van der Waals surface area (Å²) in [6.45, 7) is 2.07. The lowest BCUT2D eigenvalue weighted by atomic mass is 10.1. The monoisotopic (exact) mass is 415 g/mol. The van der Waals surface area contributed by atoms with Crippen molar-refractivity contribution in [3.8, 4) is 5.75 Å². The number of hydrogen-bond acceptors (Lipinski definition) is 4. The summed E-state index contributed by atoms with van der Waals surface area (Å²) in [6, 6.07) is 24.4. The number of ether oxygens (including phenoxy) is 1. The first kappa shape index (κ1) is 20.0. The Morgan fingerprint density at radius 2 is 1.50 bits per heavy atom. The van der Waals surface area contributed by atoms with Gasteiger partial charge in [0, 0.05) is 4.90 Å². The van der Waals surface area contributed by atoms with Gasteiger partial charge < -0.3 is 4.74 Å². The number of benzene rings is 3. The van der Waals surface area contributed by atoms with Gasteiger partial charge in [-0.25, -0.2) is 4.90 Å². The van der Waals surface area contributed by atoms with Crippen molar-refractivity contribution in [2.75, 3.05) is 12.0 Å². The van der Waals surface area contributed by atoms with Crippen molar-refractivity contribution in [3.63, 3.8) is 0 Å². The van der Waals surface area contributed by atoms with E-state index >= 15 is 0 Å². The van der Waals surface area contributed by atoms with Gasteiger partial charge >= 0.3 is 0 Å². The summed E-state index contributed by atoms with van der Waals surface area (Å²) in [6.07, 6.45) is 0.895. The lowest BCUT2D eigenvalue weighted by Gasteiger charge is -2.15. The lowest BCUT2D eigenvalue weighted by Crippen LogP contribution is -2.31. The van der Waals surface area contributed by atoms with Crippen LogP contribution in [-0.2, 0) is 16.0 Å². The summed E-state index contributed by atoms with van der Waals surface area (Å²) in [5.41, 5.74) is 2.84. The van der Waals surface area contributed by atoms with E-state index in [0.717, 1.165) is 16.9 Å². The minimum Gasteiger partial charge on any atom is -0.497 e. The van der Waals surface area contributed by atoms with E-state index in [1.54, 1.807) is 19.2 Å². The Morgan fingerprint density at radius 1 is 0.833 bits per heavy atom. The molecule has 0 bridgehead atoms. The number of aryl methyl sites for hydroxylation is 1. The Kier molecular flexibility index (Phi) is 5.72. The molecular formula is C25H21NO3S. The van der Waals surface area contributed by atoms with Gasteiger partial charge in [0.05, 0.1) is 23.3 Å². The fraction of sp³-hybridized carbons (Fsp3) is 0.120. The standard InChI is InChI=1S/C25H21NO3S/c1-3-17-9-13-19(14-10-17)26-24(27)22(18-11-15-20(29-2)16-12-18)23(25(26)28)30-21-7-5-4-6-8-21/h4-16H,3H2,1-2H3. The Labute approximate surface area is 180 Å². The van der Waals surface area contributed by atoms with Crippen LogP contribution in [0, 0.1) is 0 Å². The fourth-order valence-corrected chi connectivity index (χ4v) is 4.35. The van der Waals surface area contributed by atoms with Crippen LogP contribution >= 0.6 is 11.8 Å². The smallest absolute Gasteiger partial charge is 0.272 e. The van der Waals surface area contributed by atoms with Gasteiger partial charge in [-0.1, -0.05) is 61.2 Å². The Hall–Kier alpha value is -3.31. The highest BCUT2D eigenvalue weighted by Crippen LogP contribution is 2.41. The van der Waals surface area contributed by atoms with E-state index in [-0.39, 0.29) is 11.8 Å². The molecule has 0 N–H and O–H groups in total. The highest BCUT2D eigenvalue weighted by Gasteiger charge is 2.40. The number of anilines is 1. The molecule has 1 heterocycles. The van der Waals surface area contributed by atoms with E-state index in [1.165, 1.54) is 16.7 Å². The van der Waals surface area contributed by atoms with Gasteiger partial charge in [0.15, 0.2) is 0 Å². The third kappa shape index (κ3) is 3.76. The zero-order valence-electron chi connectivity index (χ0n) is 16.8. The number of nitrogens with zero attached hydrogens (tertiary/aromatic N) is 1. The fourth-order valence-electron chi connectivity index (χ4n) is 3.34. The summed E-state index contributed by atoms with van der Waals surface area (Å²) in [5.74, 6) is 0.0807. The summed E-state index contributed by atoms with van der Waals surface area (Å²) in [7, 11) is 1.59. The highest BCUT2D eigenvalue weighted by molar-refractivity contribution is 8.04. The van der Waals surface area contributed by atoms with E-state index in [4.69, 9.17) is 4.74 Å². The van der Waals surface area contributed by atoms with E-state index in [0.29, 0.717) is 27.5 Å². The molecule has 4 rings (SSSR count). The number of hydrogen-bond donors (Lipinski definition) is 0. The van der Waals surface area contributed by atoms with Crippen LogP contribution in [-0.4, -0.2) is 18.9 Å². The number of imide groups is 1. The number of carbonyl (C=O) groups excluding carboxylic acids is 2. The van der Waals surface area contributed by atoms with Crippen LogP contribution in [0.25, 0.3) is 5.57 Å². The van der Waals surface area contributed by atoms with Gasteiger partial charge in [0.1, 0.15) is 5.75 Å². The topological polar surface area (TPSA) is 46.6 Å². The van der Waals surface area contributed by atoms with Crippen LogP contribution in [0.5, 0.6) is 5.75 Å². The van der Waals surface area contributed by atoms with Crippen molar-refractivity contribution in [2.45, 2.75) is 18.2 Å². The first-order valence-electron chi connectivity index (χ1n) is 9.71. The number of carbonyl (C=O) groups is 2. The van der Waals surface area contributed by atoms with Gasteiger partial charge in [-0.3, -0.25) is 9.59 Å². The third-order valence-electron chi connectivity index (χ3n) is 4.99. The average molecular weight is 416 g/mol.